The van der Waals surface area contributed by atoms with Gasteiger partial charge in [0.15, 0.2) is 12.6 Å². The number of ether oxygens (including phenoxy) is 1. The molecule has 0 fully saturated rings. The molecule has 122 valence electrons. The number of aliphatic hydroxyl groups is 4. The van der Waals surface area contributed by atoms with Crippen LogP contribution in [0.2, 0.25) is 0 Å². The lowest BCUT2D eigenvalue weighted by Gasteiger charge is -2.35. The number of esters is 1. The molecule has 22 heavy (non-hydrogen) atoms. The first-order valence-electron chi connectivity index (χ1n) is 6.53. The molecule has 0 aliphatic rings. The lowest BCUT2D eigenvalue weighted by atomic mass is 9.96. The van der Waals surface area contributed by atoms with E-state index in [1.54, 1.807) is 6.92 Å². The maximum Gasteiger partial charge on any atom is 0.339 e. The van der Waals surface area contributed by atoms with Gasteiger partial charge in [0.1, 0.15) is 0 Å². The van der Waals surface area contributed by atoms with Crippen molar-refractivity contribution in [3.63, 3.8) is 0 Å². The van der Waals surface area contributed by atoms with E-state index in [1.165, 1.54) is 24.3 Å². The van der Waals surface area contributed by atoms with Gasteiger partial charge in [-0.15, -0.1) is 0 Å². The minimum atomic E-state index is -2.30. The van der Waals surface area contributed by atoms with Crippen LogP contribution >= 0.6 is 0 Å². The fraction of sp³-hybridized carbons (Fsp3) is 0.429. The van der Waals surface area contributed by atoms with Crippen molar-refractivity contribution in [2.75, 3.05) is 0 Å². The van der Waals surface area contributed by atoms with E-state index in [0.29, 0.717) is 6.42 Å². The number of benzene rings is 1. The molecule has 0 aliphatic heterocycles. The molecule has 8 heteroatoms. The van der Waals surface area contributed by atoms with Crippen LogP contribution < -0.4 is 0 Å². The highest BCUT2D eigenvalue weighted by molar-refractivity contribution is 5.92. The van der Waals surface area contributed by atoms with Crippen molar-refractivity contribution in [3.8, 4) is 0 Å². The molecule has 0 bridgehead atoms. The molecule has 0 spiro atoms. The molecule has 0 radical (unpaired) electrons. The first-order chi connectivity index (χ1) is 10.2. The third kappa shape index (κ3) is 3.80. The number of carbonyl (C=O) groups excluding carboxylic acids is 1. The highest BCUT2D eigenvalue weighted by Gasteiger charge is 2.47. The molecule has 0 amide bonds. The Hall–Kier alpha value is -2.00. The van der Waals surface area contributed by atoms with Crippen molar-refractivity contribution in [2.45, 2.75) is 37.9 Å². The quantitative estimate of drug-likeness (QED) is 0.341. The summed E-state index contributed by atoms with van der Waals surface area (Å²) in [6.45, 7) is 1.63. The maximum absolute atomic E-state index is 12.0. The first kappa shape index (κ1) is 18.1. The van der Waals surface area contributed by atoms with Crippen molar-refractivity contribution in [1.29, 1.82) is 0 Å². The number of carbonyl (C=O) groups is 2. The molecule has 0 aromatic heterocycles. The second-order valence-electron chi connectivity index (χ2n) is 4.72. The molecule has 5 N–H and O–H groups in total. The highest BCUT2D eigenvalue weighted by atomic mass is 16.6. The Labute approximate surface area is 126 Å². The largest absolute Gasteiger partial charge is 0.478 e. The standard InChI is InChI=1S/C14H18O8/c1-2-7-14(12(18)19,13(20)21)22-11(17)9-5-3-8(4-6-9)10(15)16/h3-6,12-13,18-21H,2,7H2,1H3,(H,15,16). The van der Waals surface area contributed by atoms with Crippen molar-refractivity contribution in [2.24, 2.45) is 0 Å². The van der Waals surface area contributed by atoms with Gasteiger partial charge in [-0.25, -0.2) is 9.59 Å². The third-order valence-corrected chi connectivity index (χ3v) is 3.17. The second kappa shape index (κ2) is 7.32. The van der Waals surface area contributed by atoms with Gasteiger partial charge in [0, 0.05) is 0 Å². The average Bonchev–Trinajstić information content (AvgIpc) is 2.46. The maximum atomic E-state index is 12.0. The minimum absolute atomic E-state index is 0.0410. The molecule has 1 aromatic rings. The van der Waals surface area contributed by atoms with Crippen LogP contribution in [0.25, 0.3) is 0 Å². The highest BCUT2D eigenvalue weighted by Crippen LogP contribution is 2.27. The van der Waals surface area contributed by atoms with E-state index >= 15 is 0 Å². The van der Waals surface area contributed by atoms with E-state index in [-0.39, 0.29) is 17.5 Å². The molecule has 8 nitrogen and oxygen atoms in total. The zero-order chi connectivity index (χ0) is 16.9. The summed E-state index contributed by atoms with van der Waals surface area (Å²) in [6.07, 6.45) is -4.49. The number of hydrogen-bond donors (Lipinski definition) is 5. The molecule has 0 saturated carbocycles. The number of hydrogen-bond acceptors (Lipinski definition) is 7. The summed E-state index contributed by atoms with van der Waals surface area (Å²) < 4.78 is 4.90. The van der Waals surface area contributed by atoms with Gasteiger partial charge >= 0.3 is 11.9 Å². The predicted molar refractivity (Wildman–Crippen MR) is 72.9 cm³/mol. The molecule has 1 rings (SSSR count). The third-order valence-electron chi connectivity index (χ3n) is 3.17. The minimum Gasteiger partial charge on any atom is -0.478 e. The van der Waals surface area contributed by atoms with E-state index in [2.05, 4.69) is 0 Å². The van der Waals surface area contributed by atoms with Gasteiger partial charge in [0.05, 0.1) is 11.1 Å². The zero-order valence-electron chi connectivity index (χ0n) is 11.8. The lowest BCUT2D eigenvalue weighted by molar-refractivity contribution is -0.275. The smallest absolute Gasteiger partial charge is 0.339 e. The molecular weight excluding hydrogens is 296 g/mol. The van der Waals surface area contributed by atoms with E-state index in [4.69, 9.17) is 9.84 Å². The van der Waals surface area contributed by atoms with Crippen LogP contribution in [0, 0.1) is 0 Å². The Bertz CT molecular complexity index is 512. The molecule has 0 atom stereocenters. The normalized spacial score (nSPS) is 11.8. The van der Waals surface area contributed by atoms with Crippen LogP contribution in [0.4, 0.5) is 0 Å². The number of carboxylic acid groups (broad SMARTS) is 1. The van der Waals surface area contributed by atoms with Crippen LogP contribution in [-0.4, -0.2) is 55.7 Å². The molecule has 0 saturated heterocycles. The van der Waals surface area contributed by atoms with Crippen LogP contribution in [0.5, 0.6) is 0 Å². The first-order valence-corrected chi connectivity index (χ1v) is 6.53. The number of aromatic carboxylic acids is 1. The van der Waals surface area contributed by atoms with Gasteiger partial charge in [0.25, 0.3) is 0 Å². The fourth-order valence-corrected chi connectivity index (χ4v) is 1.92. The van der Waals surface area contributed by atoms with Crippen molar-refractivity contribution in [3.05, 3.63) is 35.4 Å². The average molecular weight is 314 g/mol. The summed E-state index contributed by atoms with van der Waals surface area (Å²) >= 11 is 0. The molecule has 0 heterocycles. The van der Waals surface area contributed by atoms with E-state index < -0.39 is 30.1 Å². The number of aliphatic hydroxyl groups excluding tert-OH is 2. The van der Waals surface area contributed by atoms with Gasteiger partial charge in [-0.2, -0.15) is 0 Å². The summed E-state index contributed by atoms with van der Waals surface area (Å²) in [5, 5.41) is 46.2. The van der Waals surface area contributed by atoms with E-state index in [9.17, 15) is 30.0 Å². The predicted octanol–water partition coefficient (Wildman–Crippen LogP) is -0.298. The lowest BCUT2D eigenvalue weighted by Crippen LogP contribution is -2.55. The molecular formula is C14H18O8. The fourth-order valence-electron chi connectivity index (χ4n) is 1.92. The monoisotopic (exact) mass is 314 g/mol. The van der Waals surface area contributed by atoms with Crippen LogP contribution in [0.1, 0.15) is 40.5 Å². The van der Waals surface area contributed by atoms with Crippen molar-refractivity contribution < 1.29 is 39.9 Å². The second-order valence-corrected chi connectivity index (χ2v) is 4.72. The van der Waals surface area contributed by atoms with Crippen LogP contribution in [-0.2, 0) is 4.74 Å². The molecule has 1 aromatic carbocycles. The van der Waals surface area contributed by atoms with Crippen molar-refractivity contribution in [1.82, 2.24) is 0 Å². The van der Waals surface area contributed by atoms with Gasteiger partial charge in [-0.3, -0.25) is 0 Å². The van der Waals surface area contributed by atoms with Gasteiger partial charge in [-0.05, 0) is 30.7 Å². The van der Waals surface area contributed by atoms with Gasteiger partial charge < -0.3 is 30.3 Å². The summed E-state index contributed by atoms with van der Waals surface area (Å²) in [7, 11) is 0. The van der Waals surface area contributed by atoms with E-state index in [1.807, 2.05) is 0 Å². The Morgan fingerprint density at radius 2 is 1.50 bits per heavy atom. The molecule has 0 aliphatic carbocycles. The summed E-state index contributed by atoms with van der Waals surface area (Å²) in [6, 6.07) is 4.70. The summed E-state index contributed by atoms with van der Waals surface area (Å²) in [5.74, 6) is -2.21. The topological polar surface area (TPSA) is 145 Å². The van der Waals surface area contributed by atoms with E-state index in [0.717, 1.165) is 0 Å². The Morgan fingerprint density at radius 1 is 1.05 bits per heavy atom. The SMILES string of the molecule is CCCC(OC(=O)c1ccc(C(=O)O)cc1)(C(O)O)C(O)O. The zero-order valence-corrected chi connectivity index (χ0v) is 11.8. The van der Waals surface area contributed by atoms with Crippen molar-refractivity contribution >= 4 is 11.9 Å². The number of rotatable bonds is 7. The Balaban J connectivity index is 3.02. The summed E-state index contributed by atoms with van der Waals surface area (Å²) in [4.78, 5) is 22.7. The Morgan fingerprint density at radius 3 is 1.86 bits per heavy atom. The van der Waals surface area contributed by atoms with Crippen LogP contribution in [0.15, 0.2) is 24.3 Å². The van der Waals surface area contributed by atoms with Crippen LogP contribution in [0.3, 0.4) is 0 Å². The summed E-state index contributed by atoms with van der Waals surface area (Å²) in [5.41, 5.74) is -2.38. The van der Waals surface area contributed by atoms with Gasteiger partial charge in [0.2, 0.25) is 5.60 Å². The Kier molecular flexibility index (Phi) is 6.01. The molecule has 0 unspecified atom stereocenters. The number of carboxylic acids is 1. The van der Waals surface area contributed by atoms with Gasteiger partial charge in [-0.1, -0.05) is 13.3 Å².